The molecule has 1 aliphatic heterocycles. The number of nitrogens with zero attached hydrogens (tertiary/aromatic N) is 1. The van der Waals surface area contributed by atoms with E-state index in [1.54, 1.807) is 19.2 Å². The van der Waals surface area contributed by atoms with Gasteiger partial charge >= 0.3 is 5.97 Å². The van der Waals surface area contributed by atoms with E-state index < -0.39 is 0 Å². The fraction of sp³-hybridized carbons (Fsp3) is 0.357. The van der Waals surface area contributed by atoms with Crippen LogP contribution in [0.1, 0.15) is 10.4 Å². The van der Waals surface area contributed by atoms with Crippen LogP contribution in [0, 0.1) is 0 Å². The van der Waals surface area contributed by atoms with E-state index in [2.05, 4.69) is 11.0 Å². The number of carbonyl (C=O) groups is 1. The Kier molecular flexibility index (Phi) is 2.89. The van der Waals surface area contributed by atoms with Crippen molar-refractivity contribution in [1.29, 1.82) is 0 Å². The van der Waals surface area contributed by atoms with Gasteiger partial charge in [0.25, 0.3) is 0 Å². The van der Waals surface area contributed by atoms with Crippen LogP contribution in [0.25, 0.3) is 0 Å². The zero-order valence-electron chi connectivity index (χ0n) is 10.2. The first-order valence-electron chi connectivity index (χ1n) is 6.00. The van der Waals surface area contributed by atoms with Crippen molar-refractivity contribution in [1.82, 2.24) is 4.90 Å². The van der Waals surface area contributed by atoms with E-state index in [4.69, 9.17) is 9.47 Å². The summed E-state index contributed by atoms with van der Waals surface area (Å²) < 4.78 is 10.6. The predicted octanol–water partition coefficient (Wildman–Crippen LogP) is 1.44. The average molecular weight is 245 g/mol. The lowest BCUT2D eigenvalue weighted by molar-refractivity contribution is 0.0334. The van der Waals surface area contributed by atoms with Crippen molar-refractivity contribution in [3.05, 3.63) is 48.0 Å². The fourth-order valence-corrected chi connectivity index (χ4v) is 2.46. The highest BCUT2D eigenvalue weighted by atomic mass is 16.5. The van der Waals surface area contributed by atoms with Gasteiger partial charge in [-0.25, -0.2) is 4.79 Å². The topological polar surface area (TPSA) is 38.5 Å². The predicted molar refractivity (Wildman–Crippen MR) is 66.1 cm³/mol. The van der Waals surface area contributed by atoms with E-state index >= 15 is 0 Å². The molecule has 1 heterocycles. The van der Waals surface area contributed by atoms with E-state index in [0.717, 1.165) is 0 Å². The maximum atomic E-state index is 11.9. The van der Waals surface area contributed by atoms with Crippen LogP contribution in [0.2, 0.25) is 0 Å². The quantitative estimate of drug-likeness (QED) is 0.457. The zero-order chi connectivity index (χ0) is 12.5. The third-order valence-corrected chi connectivity index (χ3v) is 3.39. The Hall–Kier alpha value is -1.65. The highest BCUT2D eigenvalue weighted by Crippen LogP contribution is 2.39. The summed E-state index contributed by atoms with van der Waals surface area (Å²) in [6.07, 6.45) is 3.88. The van der Waals surface area contributed by atoms with Crippen molar-refractivity contribution in [2.45, 2.75) is 18.2 Å². The summed E-state index contributed by atoms with van der Waals surface area (Å²) in [5.74, 6) is -0.268. The van der Waals surface area contributed by atoms with Gasteiger partial charge in [0.1, 0.15) is 6.10 Å². The molecule has 3 rings (SSSR count). The number of fused-ring (bicyclic) bond motifs is 1. The van der Waals surface area contributed by atoms with Gasteiger partial charge in [-0.15, -0.1) is 0 Å². The molecule has 1 aliphatic carbocycles. The maximum Gasteiger partial charge on any atom is 0.338 e. The molecule has 0 radical (unpaired) electrons. The summed E-state index contributed by atoms with van der Waals surface area (Å²) in [5.41, 5.74) is 0.591. The first-order valence-corrected chi connectivity index (χ1v) is 6.00. The van der Waals surface area contributed by atoms with Crippen molar-refractivity contribution in [2.24, 2.45) is 0 Å². The molecule has 0 amide bonds. The molecule has 0 saturated carbocycles. The Labute approximate surface area is 106 Å². The fourth-order valence-electron chi connectivity index (χ4n) is 2.46. The third kappa shape index (κ3) is 1.94. The minimum atomic E-state index is -0.268. The SMILES string of the molecule is COCN1[C@@H]2[C@H]1C=C[C@H]2OC(=O)c1ccccc1. The summed E-state index contributed by atoms with van der Waals surface area (Å²) >= 11 is 0. The molecule has 1 fully saturated rings. The van der Waals surface area contributed by atoms with Gasteiger partial charge in [-0.1, -0.05) is 24.3 Å². The molecule has 18 heavy (non-hydrogen) atoms. The molecule has 1 aromatic rings. The molecular weight excluding hydrogens is 230 g/mol. The molecule has 0 spiro atoms. The lowest BCUT2D eigenvalue weighted by Gasteiger charge is -2.13. The van der Waals surface area contributed by atoms with Crippen LogP contribution in [0.3, 0.4) is 0 Å². The first-order chi connectivity index (χ1) is 8.81. The number of carbonyl (C=O) groups excluding carboxylic acids is 1. The lowest BCUT2D eigenvalue weighted by atomic mass is 10.2. The van der Waals surface area contributed by atoms with Gasteiger partial charge in [-0.05, 0) is 18.2 Å². The van der Waals surface area contributed by atoms with Crippen LogP contribution in [0.4, 0.5) is 0 Å². The number of ether oxygens (including phenoxy) is 2. The van der Waals surface area contributed by atoms with Gasteiger partial charge < -0.3 is 9.47 Å². The van der Waals surface area contributed by atoms with Crippen LogP contribution in [-0.2, 0) is 9.47 Å². The summed E-state index contributed by atoms with van der Waals surface area (Å²) in [7, 11) is 1.67. The van der Waals surface area contributed by atoms with Crippen LogP contribution in [-0.4, -0.2) is 42.9 Å². The van der Waals surface area contributed by atoms with Gasteiger partial charge in [0.2, 0.25) is 0 Å². The second-order valence-corrected chi connectivity index (χ2v) is 4.53. The minimum absolute atomic E-state index is 0.155. The minimum Gasteiger partial charge on any atom is -0.453 e. The highest BCUT2D eigenvalue weighted by molar-refractivity contribution is 5.89. The standard InChI is InChI=1S/C14H15NO3/c1-17-9-15-11-7-8-12(13(11)15)18-14(16)10-5-3-2-4-6-10/h2-8,11-13H,9H2,1H3/t11-,12-,13-,15?/m1/s1. The van der Waals surface area contributed by atoms with E-state index in [-0.39, 0.29) is 18.1 Å². The molecule has 2 aliphatic rings. The second kappa shape index (κ2) is 4.55. The van der Waals surface area contributed by atoms with Gasteiger partial charge in [0.05, 0.1) is 24.4 Å². The van der Waals surface area contributed by atoms with Crippen LogP contribution in [0.5, 0.6) is 0 Å². The smallest absolute Gasteiger partial charge is 0.338 e. The Bertz CT molecular complexity index is 471. The van der Waals surface area contributed by atoms with Crippen LogP contribution in [0.15, 0.2) is 42.5 Å². The van der Waals surface area contributed by atoms with Crippen LogP contribution >= 0.6 is 0 Å². The van der Waals surface area contributed by atoms with Crippen molar-refractivity contribution in [2.75, 3.05) is 13.8 Å². The monoisotopic (exact) mass is 245 g/mol. The lowest BCUT2D eigenvalue weighted by Crippen LogP contribution is -2.24. The normalized spacial score (nSPS) is 32.1. The number of hydrogen-bond donors (Lipinski definition) is 0. The molecule has 0 aromatic heterocycles. The number of esters is 1. The second-order valence-electron chi connectivity index (χ2n) is 4.53. The molecule has 94 valence electrons. The van der Waals surface area contributed by atoms with Gasteiger partial charge in [0, 0.05) is 7.11 Å². The third-order valence-electron chi connectivity index (χ3n) is 3.39. The van der Waals surface area contributed by atoms with Crippen molar-refractivity contribution in [3.63, 3.8) is 0 Å². The Morgan fingerprint density at radius 3 is 2.78 bits per heavy atom. The molecule has 0 bridgehead atoms. The molecule has 0 N–H and O–H groups in total. The molecule has 4 nitrogen and oxygen atoms in total. The number of methoxy groups -OCH3 is 1. The van der Waals surface area contributed by atoms with Crippen molar-refractivity contribution >= 4 is 5.97 Å². The molecule has 1 aromatic carbocycles. The largest absolute Gasteiger partial charge is 0.453 e. The molecule has 1 saturated heterocycles. The van der Waals surface area contributed by atoms with E-state index in [0.29, 0.717) is 18.3 Å². The molecular formula is C14H15NO3. The summed E-state index contributed by atoms with van der Waals surface area (Å²) in [5, 5.41) is 0. The van der Waals surface area contributed by atoms with Gasteiger partial charge in [0.15, 0.2) is 0 Å². The Balaban J connectivity index is 1.62. The maximum absolute atomic E-state index is 11.9. The van der Waals surface area contributed by atoms with Crippen molar-refractivity contribution < 1.29 is 14.3 Å². The Morgan fingerprint density at radius 1 is 1.28 bits per heavy atom. The van der Waals surface area contributed by atoms with E-state index in [9.17, 15) is 4.79 Å². The van der Waals surface area contributed by atoms with Crippen LogP contribution < -0.4 is 0 Å². The zero-order valence-corrected chi connectivity index (χ0v) is 10.2. The number of rotatable bonds is 4. The van der Waals surface area contributed by atoms with Crippen molar-refractivity contribution in [3.8, 4) is 0 Å². The average Bonchev–Trinajstić information content (AvgIpc) is 2.92. The molecule has 1 unspecified atom stereocenters. The summed E-state index contributed by atoms with van der Waals surface area (Å²) in [6, 6.07) is 9.70. The van der Waals surface area contributed by atoms with E-state index in [1.807, 2.05) is 24.3 Å². The van der Waals surface area contributed by atoms with Gasteiger partial charge in [-0.2, -0.15) is 0 Å². The van der Waals surface area contributed by atoms with E-state index in [1.165, 1.54) is 0 Å². The van der Waals surface area contributed by atoms with Gasteiger partial charge in [-0.3, -0.25) is 4.90 Å². The first kappa shape index (κ1) is 11.4. The highest BCUT2D eigenvalue weighted by Gasteiger charge is 2.54. The molecule has 4 heteroatoms. The summed E-state index contributed by atoms with van der Waals surface area (Å²) in [6.45, 7) is 0.582. The number of benzene rings is 1. The molecule has 4 atom stereocenters. The summed E-state index contributed by atoms with van der Waals surface area (Å²) in [4.78, 5) is 14.1. The Morgan fingerprint density at radius 2 is 2.06 bits per heavy atom. The number of hydrogen-bond acceptors (Lipinski definition) is 4.